The zero-order chi connectivity index (χ0) is 17.4. The molecule has 0 unspecified atom stereocenters. The van der Waals surface area contributed by atoms with E-state index in [1.807, 2.05) is 0 Å². The summed E-state index contributed by atoms with van der Waals surface area (Å²) in [6.45, 7) is 0. The second kappa shape index (κ2) is 6.12. The molecule has 128 valence electrons. The number of aromatic nitrogens is 4. The maximum absolute atomic E-state index is 13.9. The molecule has 6 nitrogen and oxygen atoms in total. The molecule has 2 aromatic heterocycles. The fraction of sp³-hybridized carbons (Fsp3) is 0.235. The maximum Gasteiger partial charge on any atom is 0.233 e. The van der Waals surface area contributed by atoms with Crippen LogP contribution in [0.1, 0.15) is 30.0 Å². The van der Waals surface area contributed by atoms with Crippen molar-refractivity contribution in [3.8, 4) is 11.3 Å². The van der Waals surface area contributed by atoms with Crippen molar-refractivity contribution < 1.29 is 13.6 Å². The molecule has 0 aliphatic heterocycles. The van der Waals surface area contributed by atoms with E-state index < -0.39 is 11.6 Å². The number of amides is 1. The Morgan fingerprint density at radius 2 is 2.16 bits per heavy atom. The fourth-order valence-corrected chi connectivity index (χ4v) is 3.18. The van der Waals surface area contributed by atoms with Crippen LogP contribution < -0.4 is 5.32 Å². The van der Waals surface area contributed by atoms with Gasteiger partial charge in [0.1, 0.15) is 0 Å². The third kappa shape index (κ3) is 2.79. The Kier molecular flexibility index (Phi) is 3.79. The lowest BCUT2D eigenvalue weighted by atomic mass is 9.86. The van der Waals surface area contributed by atoms with Crippen LogP contribution in [0.4, 0.5) is 14.6 Å². The summed E-state index contributed by atoms with van der Waals surface area (Å²) < 4.78 is 27.2. The molecule has 3 N–H and O–H groups in total. The van der Waals surface area contributed by atoms with Crippen LogP contribution in [0.2, 0.25) is 0 Å². The smallest absolute Gasteiger partial charge is 0.233 e. The Bertz CT molecular complexity index is 933. The number of rotatable bonds is 3. The number of nitrogens with one attached hydrogen (secondary N) is 3. The summed E-state index contributed by atoms with van der Waals surface area (Å²) in [4.78, 5) is 12.6. The van der Waals surface area contributed by atoms with Crippen molar-refractivity contribution in [2.45, 2.75) is 25.2 Å². The number of halogens is 2. The minimum atomic E-state index is -0.959. The predicted octanol–water partition coefficient (Wildman–Crippen LogP) is 3.14. The first-order chi connectivity index (χ1) is 12.1. The number of nitrogens with zero attached hydrogens (tertiary/aromatic N) is 2. The SMILES string of the molecule is O=C(Nc1cc(-c2cccc(F)c2F)[nH]n1)[C@H]1CCCc2[nH]ncc21. The molecule has 1 aliphatic carbocycles. The molecule has 3 aromatic rings. The van der Waals surface area contributed by atoms with Crippen LogP contribution in [0.3, 0.4) is 0 Å². The van der Waals surface area contributed by atoms with E-state index in [1.165, 1.54) is 18.2 Å². The Labute approximate surface area is 141 Å². The number of anilines is 1. The number of benzene rings is 1. The summed E-state index contributed by atoms with van der Waals surface area (Å²) in [6.07, 6.45) is 4.18. The topological polar surface area (TPSA) is 86.5 Å². The van der Waals surface area contributed by atoms with Crippen molar-refractivity contribution in [1.29, 1.82) is 0 Å². The molecule has 0 spiro atoms. The molecule has 0 saturated carbocycles. The van der Waals surface area contributed by atoms with E-state index in [2.05, 4.69) is 25.7 Å². The summed E-state index contributed by atoms with van der Waals surface area (Å²) in [5, 5.41) is 16.2. The summed E-state index contributed by atoms with van der Waals surface area (Å²) in [5.74, 6) is -2.13. The van der Waals surface area contributed by atoms with Gasteiger partial charge in [-0.15, -0.1) is 0 Å². The second-order valence-electron chi connectivity index (χ2n) is 6.01. The molecule has 1 atom stereocenters. The van der Waals surface area contributed by atoms with E-state index >= 15 is 0 Å². The van der Waals surface area contributed by atoms with Crippen molar-refractivity contribution >= 4 is 11.7 Å². The zero-order valence-electron chi connectivity index (χ0n) is 13.1. The lowest BCUT2D eigenvalue weighted by Crippen LogP contribution is -2.24. The van der Waals surface area contributed by atoms with Crippen molar-refractivity contribution in [2.75, 3.05) is 5.32 Å². The lowest BCUT2D eigenvalue weighted by molar-refractivity contribution is -0.117. The third-order valence-corrected chi connectivity index (χ3v) is 4.43. The zero-order valence-corrected chi connectivity index (χ0v) is 13.1. The molecule has 0 radical (unpaired) electrons. The van der Waals surface area contributed by atoms with Crippen LogP contribution >= 0.6 is 0 Å². The van der Waals surface area contributed by atoms with Gasteiger partial charge in [-0.1, -0.05) is 6.07 Å². The highest BCUT2D eigenvalue weighted by atomic mass is 19.2. The first kappa shape index (κ1) is 15.5. The third-order valence-electron chi connectivity index (χ3n) is 4.43. The number of H-pyrrole nitrogens is 2. The molecule has 0 saturated heterocycles. The van der Waals surface area contributed by atoms with Gasteiger partial charge < -0.3 is 5.32 Å². The highest BCUT2D eigenvalue weighted by Crippen LogP contribution is 2.31. The summed E-state index contributed by atoms with van der Waals surface area (Å²) >= 11 is 0. The Morgan fingerprint density at radius 1 is 1.28 bits per heavy atom. The van der Waals surface area contributed by atoms with E-state index in [9.17, 15) is 13.6 Å². The normalized spacial score (nSPS) is 16.5. The second-order valence-corrected chi connectivity index (χ2v) is 6.01. The van der Waals surface area contributed by atoms with Crippen LogP contribution in [0, 0.1) is 11.6 Å². The molecule has 1 aromatic carbocycles. The van der Waals surface area contributed by atoms with Gasteiger partial charge >= 0.3 is 0 Å². The summed E-state index contributed by atoms with van der Waals surface area (Å²) in [5.41, 5.74) is 2.23. The monoisotopic (exact) mass is 343 g/mol. The van der Waals surface area contributed by atoms with Gasteiger partial charge in [0, 0.05) is 22.9 Å². The maximum atomic E-state index is 13.9. The first-order valence-corrected chi connectivity index (χ1v) is 7.96. The van der Waals surface area contributed by atoms with Gasteiger partial charge in [0.25, 0.3) is 0 Å². The average molecular weight is 343 g/mol. The van der Waals surface area contributed by atoms with Gasteiger partial charge in [-0.2, -0.15) is 10.2 Å². The van der Waals surface area contributed by atoms with Gasteiger partial charge in [0.15, 0.2) is 17.5 Å². The number of hydrogen-bond donors (Lipinski definition) is 3. The molecule has 8 heteroatoms. The van der Waals surface area contributed by atoms with Crippen molar-refractivity contribution in [2.24, 2.45) is 0 Å². The minimum Gasteiger partial charge on any atom is -0.309 e. The predicted molar refractivity (Wildman–Crippen MR) is 86.8 cm³/mol. The number of aryl methyl sites for hydroxylation is 1. The van der Waals surface area contributed by atoms with Gasteiger partial charge in [0.2, 0.25) is 5.91 Å². The van der Waals surface area contributed by atoms with Gasteiger partial charge in [-0.3, -0.25) is 15.0 Å². The van der Waals surface area contributed by atoms with E-state index in [0.717, 1.165) is 36.6 Å². The van der Waals surface area contributed by atoms with E-state index in [-0.39, 0.29) is 23.2 Å². The largest absolute Gasteiger partial charge is 0.309 e. The molecule has 25 heavy (non-hydrogen) atoms. The number of carbonyl (C=O) groups excluding carboxylic acids is 1. The van der Waals surface area contributed by atoms with Crippen LogP contribution in [0.25, 0.3) is 11.3 Å². The molecule has 4 rings (SSSR count). The number of fused-ring (bicyclic) bond motifs is 1. The quantitative estimate of drug-likeness (QED) is 0.683. The van der Waals surface area contributed by atoms with Gasteiger partial charge in [-0.05, 0) is 31.4 Å². The highest BCUT2D eigenvalue weighted by molar-refractivity contribution is 5.95. The van der Waals surface area contributed by atoms with Crippen molar-refractivity contribution in [3.63, 3.8) is 0 Å². The first-order valence-electron chi connectivity index (χ1n) is 7.96. The van der Waals surface area contributed by atoms with Crippen LogP contribution in [-0.2, 0) is 11.2 Å². The molecule has 1 aliphatic rings. The highest BCUT2D eigenvalue weighted by Gasteiger charge is 2.28. The van der Waals surface area contributed by atoms with Crippen molar-refractivity contribution in [3.05, 3.63) is 53.4 Å². The van der Waals surface area contributed by atoms with Gasteiger partial charge in [0.05, 0.1) is 17.8 Å². The van der Waals surface area contributed by atoms with Crippen LogP contribution in [0.15, 0.2) is 30.5 Å². The van der Waals surface area contributed by atoms with Crippen molar-refractivity contribution in [1.82, 2.24) is 20.4 Å². The Balaban J connectivity index is 1.54. The summed E-state index contributed by atoms with van der Waals surface area (Å²) in [6, 6.07) is 5.38. The van der Waals surface area contributed by atoms with E-state index in [4.69, 9.17) is 0 Å². The molecular weight excluding hydrogens is 328 g/mol. The summed E-state index contributed by atoms with van der Waals surface area (Å²) in [7, 11) is 0. The fourth-order valence-electron chi connectivity index (χ4n) is 3.18. The molecule has 2 heterocycles. The number of carbonyl (C=O) groups is 1. The lowest BCUT2D eigenvalue weighted by Gasteiger charge is -2.20. The van der Waals surface area contributed by atoms with Crippen LogP contribution in [0.5, 0.6) is 0 Å². The molecule has 0 bridgehead atoms. The standard InChI is InChI=1S/C17H15F2N5O/c18-12-5-1-4-10(16(12)19)14-7-15(24-23-14)21-17(25)9-3-2-6-13-11(9)8-20-22-13/h1,4-5,7-9H,2-3,6H2,(H,20,22)(H2,21,23,24,25)/t9-/m0/s1. The number of aromatic amines is 2. The van der Waals surface area contributed by atoms with E-state index in [1.54, 1.807) is 6.20 Å². The van der Waals surface area contributed by atoms with E-state index in [0.29, 0.717) is 5.69 Å². The molecule has 1 amide bonds. The Hall–Kier alpha value is -3.03. The molecule has 0 fully saturated rings. The molecular formula is C17H15F2N5O. The minimum absolute atomic E-state index is 0.0581. The number of hydrogen-bond acceptors (Lipinski definition) is 3. The average Bonchev–Trinajstić information content (AvgIpc) is 3.26. The Morgan fingerprint density at radius 3 is 3.04 bits per heavy atom. The van der Waals surface area contributed by atoms with Crippen LogP contribution in [-0.4, -0.2) is 26.3 Å². The van der Waals surface area contributed by atoms with Gasteiger partial charge in [-0.25, -0.2) is 8.78 Å².